The molecule has 0 aliphatic carbocycles. The Morgan fingerprint density at radius 2 is 2.21 bits per heavy atom. The Labute approximate surface area is 145 Å². The minimum Gasteiger partial charge on any atom is -0.393 e. The van der Waals surface area contributed by atoms with E-state index in [1.807, 2.05) is 24.3 Å². The number of aliphatic hydroxyl groups is 1. The normalized spacial score (nSPS) is 21.0. The lowest BCUT2D eigenvalue weighted by atomic mass is 9.93. The van der Waals surface area contributed by atoms with Crippen LogP contribution in [0, 0.1) is 0 Å². The van der Waals surface area contributed by atoms with Crippen LogP contribution in [-0.2, 0) is 22.4 Å². The number of hydrogen-bond donors (Lipinski definition) is 2. The fraction of sp³-hybridized carbons (Fsp3) is 0.412. The molecule has 1 aliphatic rings. The van der Waals surface area contributed by atoms with Crippen LogP contribution in [0.25, 0.3) is 0 Å². The number of ether oxygens (including phenoxy) is 1. The second-order valence-electron chi connectivity index (χ2n) is 6.06. The van der Waals surface area contributed by atoms with Crippen LogP contribution in [0.15, 0.2) is 36.8 Å². The summed E-state index contributed by atoms with van der Waals surface area (Å²) >= 11 is 5.91. The molecule has 1 amide bonds. The van der Waals surface area contributed by atoms with Crippen molar-refractivity contribution in [3.8, 4) is 0 Å². The van der Waals surface area contributed by atoms with Gasteiger partial charge in [-0.25, -0.2) is 4.98 Å². The summed E-state index contributed by atoms with van der Waals surface area (Å²) in [6.07, 6.45) is 3.99. The minimum atomic E-state index is -0.782. The molecule has 1 aliphatic heterocycles. The van der Waals surface area contributed by atoms with E-state index in [9.17, 15) is 9.90 Å². The molecule has 0 saturated carbocycles. The number of morpholine rings is 1. The molecule has 0 unspecified atom stereocenters. The van der Waals surface area contributed by atoms with E-state index in [4.69, 9.17) is 16.3 Å². The number of amides is 1. The number of imidazole rings is 1. The van der Waals surface area contributed by atoms with Crippen molar-refractivity contribution in [2.24, 2.45) is 0 Å². The number of aliphatic hydroxyl groups excluding tert-OH is 1. The molecule has 6 nitrogen and oxygen atoms in total. The van der Waals surface area contributed by atoms with Crippen molar-refractivity contribution in [3.63, 3.8) is 0 Å². The highest BCUT2D eigenvalue weighted by Crippen LogP contribution is 2.24. The zero-order valence-corrected chi connectivity index (χ0v) is 14.0. The Morgan fingerprint density at radius 3 is 2.88 bits per heavy atom. The van der Waals surface area contributed by atoms with Gasteiger partial charge in [-0.05, 0) is 17.7 Å². The predicted octanol–water partition coefficient (Wildman–Crippen LogP) is 1.44. The van der Waals surface area contributed by atoms with Crippen molar-refractivity contribution in [3.05, 3.63) is 53.1 Å². The van der Waals surface area contributed by atoms with Gasteiger partial charge in [0.05, 0.1) is 32.5 Å². The highest BCUT2D eigenvalue weighted by Gasteiger charge is 2.38. The van der Waals surface area contributed by atoms with Crippen LogP contribution in [-0.4, -0.2) is 57.8 Å². The predicted molar refractivity (Wildman–Crippen MR) is 89.8 cm³/mol. The number of carbonyl (C=O) groups is 1. The lowest BCUT2D eigenvalue weighted by Crippen LogP contribution is -2.57. The second-order valence-corrected chi connectivity index (χ2v) is 6.50. The van der Waals surface area contributed by atoms with Gasteiger partial charge in [-0.1, -0.05) is 23.7 Å². The molecule has 1 fully saturated rings. The van der Waals surface area contributed by atoms with Crippen molar-refractivity contribution in [2.45, 2.75) is 18.4 Å². The molecule has 1 aromatic carbocycles. The number of nitrogens with zero attached hydrogens (tertiary/aromatic N) is 2. The molecule has 0 radical (unpaired) electrons. The third-order valence-electron chi connectivity index (χ3n) is 4.23. The Bertz CT molecular complexity index is 675. The van der Waals surface area contributed by atoms with E-state index < -0.39 is 5.60 Å². The molecule has 2 N–H and O–H groups in total. The number of aromatic amines is 1. The van der Waals surface area contributed by atoms with Gasteiger partial charge in [0, 0.05) is 29.9 Å². The molecule has 128 valence electrons. The highest BCUT2D eigenvalue weighted by atomic mass is 35.5. The van der Waals surface area contributed by atoms with Crippen molar-refractivity contribution in [1.82, 2.24) is 14.9 Å². The van der Waals surface area contributed by atoms with Gasteiger partial charge in [-0.2, -0.15) is 0 Å². The number of nitrogens with one attached hydrogen (secondary N) is 1. The number of hydrogen-bond acceptors (Lipinski definition) is 4. The monoisotopic (exact) mass is 349 g/mol. The van der Waals surface area contributed by atoms with Gasteiger partial charge >= 0.3 is 0 Å². The maximum atomic E-state index is 12.5. The van der Waals surface area contributed by atoms with Crippen LogP contribution >= 0.6 is 11.6 Å². The van der Waals surface area contributed by atoms with Gasteiger partial charge in [0.25, 0.3) is 0 Å². The number of benzene rings is 1. The van der Waals surface area contributed by atoms with E-state index in [2.05, 4.69) is 9.97 Å². The topological polar surface area (TPSA) is 78.5 Å². The smallest absolute Gasteiger partial charge is 0.228 e. The molecule has 24 heavy (non-hydrogen) atoms. The fourth-order valence-electron chi connectivity index (χ4n) is 2.95. The molecule has 0 bridgehead atoms. The molecule has 1 atom stereocenters. The van der Waals surface area contributed by atoms with Gasteiger partial charge in [0.1, 0.15) is 5.60 Å². The molecule has 3 rings (SSSR count). The van der Waals surface area contributed by atoms with E-state index >= 15 is 0 Å². The summed E-state index contributed by atoms with van der Waals surface area (Å²) in [5.74, 6) is -0.00326. The van der Waals surface area contributed by atoms with E-state index in [1.54, 1.807) is 17.4 Å². The van der Waals surface area contributed by atoms with E-state index in [0.29, 0.717) is 31.1 Å². The van der Waals surface area contributed by atoms with Crippen molar-refractivity contribution in [1.29, 1.82) is 0 Å². The van der Waals surface area contributed by atoms with Gasteiger partial charge in [-0.15, -0.1) is 0 Å². The lowest BCUT2D eigenvalue weighted by Gasteiger charge is -2.42. The van der Waals surface area contributed by atoms with Gasteiger partial charge in [0.15, 0.2) is 0 Å². The highest BCUT2D eigenvalue weighted by molar-refractivity contribution is 6.30. The van der Waals surface area contributed by atoms with Gasteiger partial charge < -0.3 is 19.7 Å². The quantitative estimate of drug-likeness (QED) is 0.856. The maximum Gasteiger partial charge on any atom is 0.228 e. The molecule has 1 saturated heterocycles. The zero-order chi connectivity index (χ0) is 17.0. The summed E-state index contributed by atoms with van der Waals surface area (Å²) < 4.78 is 5.87. The van der Waals surface area contributed by atoms with Gasteiger partial charge in [0.2, 0.25) is 5.91 Å². The van der Waals surface area contributed by atoms with Crippen LogP contribution in [0.1, 0.15) is 11.3 Å². The molecule has 1 aromatic heterocycles. The lowest BCUT2D eigenvalue weighted by molar-refractivity contribution is -0.157. The summed E-state index contributed by atoms with van der Waals surface area (Å²) in [4.78, 5) is 21.1. The van der Waals surface area contributed by atoms with Crippen molar-refractivity contribution >= 4 is 17.5 Å². The maximum absolute atomic E-state index is 12.5. The summed E-state index contributed by atoms with van der Waals surface area (Å²) in [5.41, 5.74) is 1.01. The first-order valence-corrected chi connectivity index (χ1v) is 8.22. The minimum absolute atomic E-state index is 0.00326. The summed E-state index contributed by atoms with van der Waals surface area (Å²) in [7, 11) is 0. The number of rotatable bonds is 5. The van der Waals surface area contributed by atoms with Crippen molar-refractivity contribution < 1.29 is 14.6 Å². The molecular formula is C17H20ClN3O3. The van der Waals surface area contributed by atoms with Crippen molar-refractivity contribution in [2.75, 3.05) is 26.3 Å². The van der Waals surface area contributed by atoms with Gasteiger partial charge in [-0.3, -0.25) is 4.79 Å². The molecule has 0 spiro atoms. The summed E-state index contributed by atoms with van der Waals surface area (Å²) in [6, 6.07) is 7.45. The van der Waals surface area contributed by atoms with E-state index in [0.717, 1.165) is 11.3 Å². The van der Waals surface area contributed by atoms with E-state index in [1.165, 1.54) is 0 Å². The first-order valence-electron chi connectivity index (χ1n) is 7.84. The Morgan fingerprint density at radius 1 is 1.42 bits per heavy atom. The third-order valence-corrected chi connectivity index (χ3v) is 4.48. The molecule has 2 aromatic rings. The Kier molecular flexibility index (Phi) is 5.18. The average molecular weight is 350 g/mol. The fourth-order valence-corrected chi connectivity index (χ4v) is 3.07. The van der Waals surface area contributed by atoms with E-state index in [-0.39, 0.29) is 18.9 Å². The molecular weight excluding hydrogens is 330 g/mol. The standard InChI is InChI=1S/C17H20ClN3O3/c18-14-3-1-13(2-4-14)8-17(11-22)10-21(5-6-24-17)16(23)7-15-9-19-12-20-15/h1-4,9,12,22H,5-8,10-11H2,(H,19,20)/t17-/m0/s1. The zero-order valence-electron chi connectivity index (χ0n) is 13.2. The van der Waals surface area contributed by atoms with Crippen LogP contribution in [0.5, 0.6) is 0 Å². The first kappa shape index (κ1) is 17.0. The summed E-state index contributed by atoms with van der Waals surface area (Å²) in [5, 5.41) is 10.6. The SMILES string of the molecule is O=C(Cc1cnc[nH]1)N1CCO[C@@](CO)(Cc2ccc(Cl)cc2)C1. The van der Waals surface area contributed by atoms with Crippen LogP contribution in [0.3, 0.4) is 0 Å². The first-order chi connectivity index (χ1) is 11.6. The molecule has 7 heteroatoms. The number of halogens is 1. The number of carbonyl (C=O) groups excluding carboxylic acids is 1. The van der Waals surface area contributed by atoms with Crippen LogP contribution in [0.2, 0.25) is 5.02 Å². The largest absolute Gasteiger partial charge is 0.393 e. The Balaban J connectivity index is 1.69. The van der Waals surface area contributed by atoms with Crippen LogP contribution in [0.4, 0.5) is 0 Å². The number of H-pyrrole nitrogens is 1. The molecule has 2 heterocycles. The Hall–Kier alpha value is -1.89. The third kappa shape index (κ3) is 3.95. The second kappa shape index (κ2) is 7.34. The van der Waals surface area contributed by atoms with Crippen LogP contribution < -0.4 is 0 Å². The number of aromatic nitrogens is 2. The average Bonchev–Trinajstić information content (AvgIpc) is 3.10. The summed E-state index contributed by atoms with van der Waals surface area (Å²) in [6.45, 7) is 1.14.